The van der Waals surface area contributed by atoms with E-state index in [2.05, 4.69) is 263 Å². The Hall–Kier alpha value is -8.58. The Kier molecular flexibility index (Phi) is 9.98. The van der Waals surface area contributed by atoms with E-state index in [4.69, 9.17) is 9.98 Å². The Morgan fingerprint density at radius 2 is 0.899 bits per heavy atom. The molecule has 0 saturated carbocycles. The molecule has 5 nitrogen and oxygen atoms in total. The number of benzene rings is 9. The van der Waals surface area contributed by atoms with Crippen LogP contribution < -0.4 is 26.1 Å². The van der Waals surface area contributed by atoms with Crippen molar-refractivity contribution in [1.82, 2.24) is 14.5 Å². The Balaban J connectivity index is 1.16. The molecule has 9 aromatic carbocycles. The first-order chi connectivity index (χ1) is 34.2. The normalized spacial score (nSPS) is 14.2. The van der Waals surface area contributed by atoms with E-state index in [1.165, 1.54) is 59.0 Å². The van der Waals surface area contributed by atoms with Gasteiger partial charge < -0.3 is 14.5 Å². The fraction of sp³-hybridized carbons (Fsp3) is 0.0476. The Bertz CT molecular complexity index is 3700. The second kappa shape index (κ2) is 16.9. The molecule has 2 aromatic heterocycles. The molecule has 3 heterocycles. The van der Waals surface area contributed by atoms with Crippen molar-refractivity contribution in [2.24, 2.45) is 9.98 Å². The average Bonchev–Trinajstić information content (AvgIpc) is 3.94. The lowest BCUT2D eigenvalue weighted by Crippen LogP contribution is -2.74. The lowest BCUT2D eigenvalue weighted by Gasteiger charge is -2.35. The van der Waals surface area contributed by atoms with Gasteiger partial charge in [-0.25, -0.2) is 9.98 Å². The zero-order chi connectivity index (χ0) is 45.7. The summed E-state index contributed by atoms with van der Waals surface area (Å²) in [7, 11) is -3.08. The van der Waals surface area contributed by atoms with Gasteiger partial charge in [0.2, 0.25) is 0 Å². The molecule has 0 atom stereocenters. The van der Waals surface area contributed by atoms with Crippen LogP contribution in [-0.2, 0) is 0 Å². The molecule has 0 radical (unpaired) electrons. The third kappa shape index (κ3) is 6.82. The van der Waals surface area contributed by atoms with Crippen LogP contribution in [0.25, 0.3) is 55.0 Å². The van der Waals surface area contributed by atoms with Crippen LogP contribution in [0.5, 0.6) is 0 Å². The summed E-state index contributed by atoms with van der Waals surface area (Å²) >= 11 is 0. The first-order valence-corrected chi connectivity index (χ1v) is 25.9. The maximum Gasteiger partial charge on any atom is 0.179 e. The highest BCUT2D eigenvalue weighted by Crippen LogP contribution is 2.41. The molecule has 1 aliphatic heterocycles. The summed E-state index contributed by atoms with van der Waals surface area (Å²) in [6.45, 7) is 0. The van der Waals surface area contributed by atoms with Gasteiger partial charge in [0, 0.05) is 49.6 Å². The summed E-state index contributed by atoms with van der Waals surface area (Å²) in [4.78, 5) is 11.0. The Morgan fingerprint density at radius 3 is 1.42 bits per heavy atom. The molecule has 6 heteroatoms. The second-order valence-electron chi connectivity index (χ2n) is 18.1. The minimum atomic E-state index is -3.08. The Labute approximate surface area is 402 Å². The highest BCUT2D eigenvalue weighted by Gasteiger charge is 2.42. The molecule has 328 valence electrons. The maximum atomic E-state index is 5.52. The summed E-state index contributed by atoms with van der Waals surface area (Å²) in [6, 6.07) is 84.5. The highest BCUT2D eigenvalue weighted by atomic mass is 28.3. The smallest absolute Gasteiger partial charge is 0.179 e. The number of aliphatic imine (C=N–C) groups is 2. The summed E-state index contributed by atoms with van der Waals surface area (Å²) < 4.78 is 5.02. The van der Waals surface area contributed by atoms with Crippen molar-refractivity contribution in [3.05, 3.63) is 265 Å². The largest absolute Gasteiger partial charge is 0.324 e. The molecule has 0 fully saturated rings. The fourth-order valence-electron chi connectivity index (χ4n) is 11.1. The van der Waals surface area contributed by atoms with E-state index >= 15 is 0 Å². The van der Waals surface area contributed by atoms with E-state index in [0.717, 1.165) is 57.9 Å². The SMILES string of the molecule is C1=CCCC(n2c3ccccc3c3cc4c5ccccc5n(-c5cc(C6N=C(c7ccccc7)NC(c7ccccc7)=N6)cc([Si](c6ccccc6)(c6ccccc6)c6ccccc6)c5)c4cc32)=C1. The molecule has 0 amide bonds. The second-order valence-corrected chi connectivity index (χ2v) is 21.9. The molecule has 0 spiro atoms. The maximum absolute atomic E-state index is 5.52. The van der Waals surface area contributed by atoms with E-state index in [0.29, 0.717) is 0 Å². The molecule has 11 aromatic rings. The molecule has 0 saturated heterocycles. The number of hydrogen-bond acceptors (Lipinski definition) is 3. The standard InChI is InChI=1S/C63H47N5Si/c1-7-23-44(24-8-1)61-64-62(45-25-9-2-10-26-45)66-63(65-61)46-39-48(41-52(40-46)69(49-29-13-4-14-30-49,50-31-15-5-16-32-50)51-33-17-6-18-34-51)68-58-38-22-20-36-54(58)56-42-55-53-35-19-21-37-57(53)67(59(55)43-60(56)68)47-27-11-3-12-28-47/h1-11,13-27,29-43,63H,12,28H2,(H,64,65,66). The van der Waals surface area contributed by atoms with Gasteiger partial charge in [0.05, 0.1) is 22.1 Å². The van der Waals surface area contributed by atoms with Crippen molar-refractivity contribution < 1.29 is 0 Å². The first-order valence-electron chi connectivity index (χ1n) is 23.9. The monoisotopic (exact) mass is 901 g/mol. The summed E-state index contributed by atoms with van der Waals surface area (Å²) in [5.41, 5.74) is 10.2. The zero-order valence-corrected chi connectivity index (χ0v) is 39.0. The van der Waals surface area contributed by atoms with Crippen molar-refractivity contribution in [3.63, 3.8) is 0 Å². The predicted octanol–water partition coefficient (Wildman–Crippen LogP) is 12.0. The third-order valence-corrected chi connectivity index (χ3v) is 18.9. The van der Waals surface area contributed by atoms with Crippen molar-refractivity contribution in [2.75, 3.05) is 0 Å². The molecule has 0 bridgehead atoms. The molecule has 1 N–H and O–H groups in total. The van der Waals surface area contributed by atoms with Crippen molar-refractivity contribution in [1.29, 1.82) is 0 Å². The summed E-state index contributed by atoms with van der Waals surface area (Å²) in [5.74, 6) is 1.58. The molecular formula is C63H47N5Si. The van der Waals surface area contributed by atoms with Crippen molar-refractivity contribution in [2.45, 2.75) is 19.0 Å². The quantitative estimate of drug-likeness (QED) is 0.114. The zero-order valence-electron chi connectivity index (χ0n) is 38.0. The fourth-order valence-corrected chi connectivity index (χ4v) is 15.9. The lowest BCUT2D eigenvalue weighted by molar-refractivity contribution is 0.755. The minimum absolute atomic E-state index is 0.557. The van der Waals surface area contributed by atoms with Crippen LogP contribution in [0.3, 0.4) is 0 Å². The minimum Gasteiger partial charge on any atom is -0.324 e. The number of rotatable bonds is 9. The molecule has 13 rings (SSSR count). The van der Waals surface area contributed by atoms with Crippen LogP contribution in [0.15, 0.2) is 259 Å². The van der Waals surface area contributed by atoms with Crippen molar-refractivity contribution >= 4 is 89.8 Å². The summed E-state index contributed by atoms with van der Waals surface area (Å²) in [6.07, 6.45) is 8.21. The van der Waals surface area contributed by atoms with Crippen LogP contribution in [0.2, 0.25) is 0 Å². The van der Waals surface area contributed by atoms with Crippen molar-refractivity contribution in [3.8, 4) is 5.69 Å². The first kappa shape index (κ1) is 40.7. The topological polar surface area (TPSA) is 46.6 Å². The number of nitrogens with one attached hydrogen (secondary N) is 1. The van der Waals surface area contributed by atoms with Gasteiger partial charge >= 0.3 is 0 Å². The molecule has 1 aliphatic carbocycles. The number of aromatic nitrogens is 2. The van der Waals surface area contributed by atoms with Crippen LogP contribution >= 0.6 is 0 Å². The predicted molar refractivity (Wildman–Crippen MR) is 292 cm³/mol. The van der Waals surface area contributed by atoms with E-state index in [1.807, 2.05) is 0 Å². The number of hydrogen-bond donors (Lipinski definition) is 1. The van der Waals surface area contributed by atoms with Gasteiger partial charge in [-0.05, 0) is 76.1 Å². The number of para-hydroxylation sites is 2. The molecule has 2 aliphatic rings. The highest BCUT2D eigenvalue weighted by molar-refractivity contribution is 7.20. The van der Waals surface area contributed by atoms with Gasteiger partial charge in [-0.2, -0.15) is 0 Å². The van der Waals surface area contributed by atoms with E-state index in [1.54, 1.807) is 0 Å². The van der Waals surface area contributed by atoms with E-state index in [-0.39, 0.29) is 0 Å². The number of allylic oxidation sites excluding steroid dienone is 4. The van der Waals surface area contributed by atoms with Crippen LogP contribution in [0.4, 0.5) is 0 Å². The van der Waals surface area contributed by atoms with Gasteiger partial charge in [-0.3, -0.25) is 0 Å². The van der Waals surface area contributed by atoms with Gasteiger partial charge in [-0.15, -0.1) is 0 Å². The van der Waals surface area contributed by atoms with E-state index in [9.17, 15) is 0 Å². The van der Waals surface area contributed by atoms with Crippen LogP contribution in [0, 0.1) is 0 Å². The lowest BCUT2D eigenvalue weighted by atomic mass is 10.1. The van der Waals surface area contributed by atoms with Gasteiger partial charge in [0.15, 0.2) is 14.2 Å². The Morgan fingerprint density at radius 1 is 0.420 bits per heavy atom. The number of fused-ring (bicyclic) bond motifs is 6. The van der Waals surface area contributed by atoms with Crippen LogP contribution in [-0.4, -0.2) is 28.9 Å². The van der Waals surface area contributed by atoms with Gasteiger partial charge in [0.25, 0.3) is 0 Å². The van der Waals surface area contributed by atoms with Gasteiger partial charge in [-0.1, -0.05) is 206 Å². The van der Waals surface area contributed by atoms with Crippen LogP contribution in [0.1, 0.15) is 35.7 Å². The van der Waals surface area contributed by atoms with Gasteiger partial charge in [0.1, 0.15) is 11.7 Å². The third-order valence-electron chi connectivity index (χ3n) is 14.1. The molecule has 69 heavy (non-hydrogen) atoms. The van der Waals surface area contributed by atoms with E-state index < -0.39 is 14.2 Å². The molecule has 0 unspecified atom stereocenters. The average molecular weight is 902 g/mol. The summed E-state index contributed by atoms with van der Waals surface area (Å²) in [5, 5.41) is 13.8. The number of amidine groups is 2. The number of nitrogens with zero attached hydrogens (tertiary/aromatic N) is 4. The molecular weight excluding hydrogens is 855 g/mol.